The van der Waals surface area contributed by atoms with Gasteiger partial charge in [0, 0.05) is 11.6 Å². The molecule has 74 valence electrons. The fraction of sp³-hybridized carbons (Fsp3) is 0.417. The van der Waals surface area contributed by atoms with Gasteiger partial charge in [-0.05, 0) is 29.5 Å². The Morgan fingerprint density at radius 3 is 2.86 bits per heavy atom. The predicted molar refractivity (Wildman–Crippen MR) is 57.2 cm³/mol. The van der Waals surface area contributed by atoms with E-state index >= 15 is 0 Å². The van der Waals surface area contributed by atoms with Crippen LogP contribution in [0.15, 0.2) is 29.0 Å². The Bertz CT molecular complexity index is 437. The van der Waals surface area contributed by atoms with Crippen molar-refractivity contribution in [3.8, 4) is 0 Å². The van der Waals surface area contributed by atoms with E-state index in [1.54, 1.807) is 6.26 Å². The van der Waals surface area contributed by atoms with E-state index in [9.17, 15) is 0 Å². The molecule has 2 aromatic rings. The molecular formula is C12H15NO. The third-order valence-corrected chi connectivity index (χ3v) is 2.10. The first kappa shape index (κ1) is 9.25. The van der Waals surface area contributed by atoms with Crippen molar-refractivity contribution in [2.45, 2.75) is 27.2 Å². The lowest BCUT2D eigenvalue weighted by atomic mass is 9.89. The van der Waals surface area contributed by atoms with E-state index in [-0.39, 0.29) is 0 Å². The number of pyridine rings is 1. The van der Waals surface area contributed by atoms with Crippen LogP contribution in [0.3, 0.4) is 0 Å². The molecule has 0 atom stereocenters. The largest absolute Gasteiger partial charge is 0.446 e. The van der Waals surface area contributed by atoms with Crippen molar-refractivity contribution in [3.05, 3.63) is 30.2 Å². The molecule has 0 amide bonds. The van der Waals surface area contributed by atoms with Crippen LogP contribution in [0.5, 0.6) is 0 Å². The fourth-order valence-corrected chi connectivity index (χ4v) is 1.61. The molecule has 0 saturated carbocycles. The molecular weight excluding hydrogens is 174 g/mol. The highest BCUT2D eigenvalue weighted by Gasteiger charge is 2.12. The molecule has 0 bridgehead atoms. The van der Waals surface area contributed by atoms with E-state index in [2.05, 4.69) is 31.8 Å². The summed E-state index contributed by atoms with van der Waals surface area (Å²) in [4.78, 5) is 4.26. The van der Waals surface area contributed by atoms with Crippen molar-refractivity contribution in [2.24, 2.45) is 5.41 Å². The van der Waals surface area contributed by atoms with E-state index in [0.717, 1.165) is 17.5 Å². The molecule has 14 heavy (non-hydrogen) atoms. The molecule has 2 aromatic heterocycles. The second kappa shape index (κ2) is 3.12. The Labute approximate surface area is 84.0 Å². The number of nitrogens with zero attached hydrogens (tertiary/aromatic N) is 1. The summed E-state index contributed by atoms with van der Waals surface area (Å²) >= 11 is 0. The molecule has 0 N–H and O–H groups in total. The summed E-state index contributed by atoms with van der Waals surface area (Å²) in [5, 5.41) is 1.09. The van der Waals surface area contributed by atoms with Crippen LogP contribution < -0.4 is 0 Å². The van der Waals surface area contributed by atoms with Crippen LogP contribution in [-0.2, 0) is 6.42 Å². The maximum absolute atomic E-state index is 5.19. The third-order valence-electron chi connectivity index (χ3n) is 2.10. The summed E-state index contributed by atoms with van der Waals surface area (Å²) in [6, 6.07) is 4.10. The van der Waals surface area contributed by atoms with Crippen LogP contribution in [-0.4, -0.2) is 4.98 Å². The lowest BCUT2D eigenvalue weighted by Gasteiger charge is -2.17. The van der Waals surface area contributed by atoms with Gasteiger partial charge in [0.2, 0.25) is 5.71 Å². The highest BCUT2D eigenvalue weighted by atomic mass is 16.3. The Balaban J connectivity index is 2.35. The van der Waals surface area contributed by atoms with Gasteiger partial charge >= 0.3 is 0 Å². The Morgan fingerprint density at radius 1 is 1.36 bits per heavy atom. The van der Waals surface area contributed by atoms with Gasteiger partial charge in [-0.3, -0.25) is 0 Å². The van der Waals surface area contributed by atoms with E-state index < -0.39 is 0 Å². The second-order valence-corrected chi connectivity index (χ2v) is 4.90. The van der Waals surface area contributed by atoms with Gasteiger partial charge in [0.25, 0.3) is 0 Å². The highest BCUT2D eigenvalue weighted by molar-refractivity contribution is 5.73. The molecule has 0 aromatic carbocycles. The summed E-state index contributed by atoms with van der Waals surface area (Å²) in [5.41, 5.74) is 2.30. The second-order valence-electron chi connectivity index (χ2n) is 4.90. The molecule has 0 aliphatic heterocycles. The molecule has 0 fully saturated rings. The Morgan fingerprint density at radius 2 is 2.14 bits per heavy atom. The van der Waals surface area contributed by atoms with Crippen molar-refractivity contribution in [1.29, 1.82) is 0 Å². The molecule has 0 unspecified atom stereocenters. The van der Waals surface area contributed by atoms with Gasteiger partial charge < -0.3 is 4.42 Å². The standard InChI is InChI=1S/C12H15NO/c1-12(2,3)7-9-6-10-4-5-14-11(10)13-8-9/h4-6,8H,7H2,1-3H3. The average molecular weight is 189 g/mol. The van der Waals surface area contributed by atoms with E-state index in [0.29, 0.717) is 5.41 Å². The van der Waals surface area contributed by atoms with E-state index in [1.807, 2.05) is 12.3 Å². The molecule has 2 heterocycles. The van der Waals surface area contributed by atoms with Crippen LogP contribution in [0.4, 0.5) is 0 Å². The minimum atomic E-state index is 0.305. The summed E-state index contributed by atoms with van der Waals surface area (Å²) in [6.07, 6.45) is 4.62. The van der Waals surface area contributed by atoms with Crippen molar-refractivity contribution in [2.75, 3.05) is 0 Å². The molecule has 0 aliphatic carbocycles. The highest BCUT2D eigenvalue weighted by Crippen LogP contribution is 2.22. The number of furan rings is 1. The molecule has 0 radical (unpaired) electrons. The maximum atomic E-state index is 5.19. The molecule has 2 nitrogen and oxygen atoms in total. The SMILES string of the molecule is CC(C)(C)Cc1cnc2occc2c1. The van der Waals surface area contributed by atoms with Gasteiger partial charge in [-0.25, -0.2) is 4.98 Å². The summed E-state index contributed by atoms with van der Waals surface area (Å²) < 4.78 is 5.19. The lowest BCUT2D eigenvalue weighted by molar-refractivity contribution is 0.411. The van der Waals surface area contributed by atoms with Gasteiger partial charge in [-0.2, -0.15) is 0 Å². The monoisotopic (exact) mass is 189 g/mol. The van der Waals surface area contributed by atoms with E-state index in [4.69, 9.17) is 4.42 Å². The lowest BCUT2D eigenvalue weighted by Crippen LogP contribution is -2.09. The molecule has 2 heteroatoms. The predicted octanol–water partition coefficient (Wildman–Crippen LogP) is 3.42. The smallest absolute Gasteiger partial charge is 0.225 e. The fourth-order valence-electron chi connectivity index (χ4n) is 1.61. The minimum absolute atomic E-state index is 0.305. The Hall–Kier alpha value is -1.31. The first-order valence-electron chi connectivity index (χ1n) is 4.87. The number of hydrogen-bond acceptors (Lipinski definition) is 2. The number of aromatic nitrogens is 1. The van der Waals surface area contributed by atoms with Crippen LogP contribution >= 0.6 is 0 Å². The van der Waals surface area contributed by atoms with Crippen molar-refractivity contribution in [3.63, 3.8) is 0 Å². The van der Waals surface area contributed by atoms with Crippen molar-refractivity contribution < 1.29 is 4.42 Å². The van der Waals surface area contributed by atoms with E-state index in [1.165, 1.54) is 5.56 Å². The van der Waals surface area contributed by atoms with Crippen LogP contribution in [0.2, 0.25) is 0 Å². The summed E-state index contributed by atoms with van der Waals surface area (Å²) in [6.45, 7) is 6.69. The van der Waals surface area contributed by atoms with Crippen molar-refractivity contribution >= 4 is 11.1 Å². The summed E-state index contributed by atoms with van der Waals surface area (Å²) in [7, 11) is 0. The van der Waals surface area contributed by atoms with Gasteiger partial charge in [0.05, 0.1) is 6.26 Å². The average Bonchev–Trinajstić information content (AvgIpc) is 2.47. The number of hydrogen-bond donors (Lipinski definition) is 0. The first-order chi connectivity index (χ1) is 6.54. The molecule has 0 aliphatic rings. The zero-order valence-electron chi connectivity index (χ0n) is 8.87. The van der Waals surface area contributed by atoms with Crippen LogP contribution in [0.1, 0.15) is 26.3 Å². The third kappa shape index (κ3) is 1.95. The molecule has 0 saturated heterocycles. The minimum Gasteiger partial charge on any atom is -0.446 e. The van der Waals surface area contributed by atoms with Gasteiger partial charge in [0.1, 0.15) is 0 Å². The topological polar surface area (TPSA) is 26.0 Å². The Kier molecular flexibility index (Phi) is 2.06. The molecule has 2 rings (SSSR count). The first-order valence-corrected chi connectivity index (χ1v) is 4.87. The van der Waals surface area contributed by atoms with Gasteiger partial charge in [-0.1, -0.05) is 20.8 Å². The van der Waals surface area contributed by atoms with Gasteiger partial charge in [0.15, 0.2) is 0 Å². The number of rotatable bonds is 1. The molecule has 0 spiro atoms. The number of fused-ring (bicyclic) bond motifs is 1. The summed E-state index contributed by atoms with van der Waals surface area (Å²) in [5.74, 6) is 0. The normalized spacial score (nSPS) is 12.2. The van der Waals surface area contributed by atoms with Crippen molar-refractivity contribution in [1.82, 2.24) is 4.98 Å². The zero-order chi connectivity index (χ0) is 10.2. The maximum Gasteiger partial charge on any atom is 0.225 e. The van der Waals surface area contributed by atoms with Gasteiger partial charge in [-0.15, -0.1) is 0 Å². The quantitative estimate of drug-likeness (QED) is 0.687. The van der Waals surface area contributed by atoms with Crippen LogP contribution in [0, 0.1) is 5.41 Å². The zero-order valence-corrected chi connectivity index (χ0v) is 8.87. The van der Waals surface area contributed by atoms with Crippen LogP contribution in [0.25, 0.3) is 11.1 Å².